The van der Waals surface area contributed by atoms with Gasteiger partial charge in [0.15, 0.2) is 0 Å². The fourth-order valence-corrected chi connectivity index (χ4v) is 2.85. The number of hydrogen-bond acceptors (Lipinski definition) is 1. The van der Waals surface area contributed by atoms with Gasteiger partial charge in [0.2, 0.25) is 0 Å². The number of halogens is 2. The molecule has 0 saturated carbocycles. The molecule has 0 saturated heterocycles. The van der Waals surface area contributed by atoms with Crippen LogP contribution in [-0.2, 0) is 0 Å². The zero-order chi connectivity index (χ0) is 13.3. The Kier molecular flexibility index (Phi) is 4.10. The zero-order valence-electron chi connectivity index (χ0n) is 10.2. The molecule has 2 aromatic rings. The molecule has 94 valence electrons. The van der Waals surface area contributed by atoms with E-state index in [0.717, 1.165) is 26.7 Å². The van der Waals surface area contributed by atoms with Crippen LogP contribution >= 0.6 is 27.5 Å². The van der Waals surface area contributed by atoms with Gasteiger partial charge in [-0.3, -0.25) is 0 Å². The molecular weight excluding hydrogens is 312 g/mol. The number of rotatable bonds is 2. The lowest BCUT2D eigenvalue weighted by atomic mass is 9.96. The predicted molar refractivity (Wildman–Crippen MR) is 79.1 cm³/mol. The first-order valence-electron chi connectivity index (χ1n) is 5.68. The third-order valence-corrected chi connectivity index (χ3v) is 3.61. The number of aliphatic hydroxyl groups excluding tert-OH is 1. The van der Waals surface area contributed by atoms with Crippen molar-refractivity contribution in [3.05, 3.63) is 68.1 Å². The summed E-state index contributed by atoms with van der Waals surface area (Å²) in [4.78, 5) is 0. The van der Waals surface area contributed by atoms with Gasteiger partial charge >= 0.3 is 0 Å². The van der Waals surface area contributed by atoms with Crippen molar-refractivity contribution < 1.29 is 5.11 Å². The van der Waals surface area contributed by atoms with E-state index in [0.29, 0.717) is 5.02 Å². The van der Waals surface area contributed by atoms with Gasteiger partial charge in [-0.15, -0.1) is 0 Å². The molecule has 1 N–H and O–H groups in total. The average molecular weight is 326 g/mol. The van der Waals surface area contributed by atoms with Crippen molar-refractivity contribution in [1.29, 1.82) is 0 Å². The molecule has 2 rings (SSSR count). The summed E-state index contributed by atoms with van der Waals surface area (Å²) >= 11 is 9.40. The minimum atomic E-state index is -0.653. The van der Waals surface area contributed by atoms with Gasteiger partial charge in [0, 0.05) is 9.50 Å². The normalized spacial score (nSPS) is 12.5. The molecule has 1 nitrogen and oxygen atoms in total. The zero-order valence-corrected chi connectivity index (χ0v) is 12.6. The Balaban J connectivity index is 2.47. The number of benzene rings is 2. The number of aliphatic hydroxyl groups is 1. The Hall–Kier alpha value is -0.830. The van der Waals surface area contributed by atoms with E-state index in [1.807, 2.05) is 38.1 Å². The Bertz CT molecular complexity index is 560. The van der Waals surface area contributed by atoms with E-state index in [1.54, 1.807) is 12.1 Å². The lowest BCUT2D eigenvalue weighted by molar-refractivity contribution is 0.219. The average Bonchev–Trinajstić information content (AvgIpc) is 2.30. The van der Waals surface area contributed by atoms with Crippen LogP contribution in [0.25, 0.3) is 0 Å². The molecule has 0 aliphatic heterocycles. The van der Waals surface area contributed by atoms with Crippen LogP contribution in [0.1, 0.15) is 28.4 Å². The van der Waals surface area contributed by atoms with Gasteiger partial charge in [-0.1, -0.05) is 51.3 Å². The molecule has 0 aliphatic rings. The van der Waals surface area contributed by atoms with E-state index < -0.39 is 6.10 Å². The highest BCUT2D eigenvalue weighted by Gasteiger charge is 2.14. The first kappa shape index (κ1) is 13.6. The van der Waals surface area contributed by atoms with Crippen LogP contribution in [0.5, 0.6) is 0 Å². The molecule has 0 amide bonds. The highest BCUT2D eigenvalue weighted by atomic mass is 79.9. The van der Waals surface area contributed by atoms with Gasteiger partial charge in [0.25, 0.3) is 0 Å². The highest BCUT2D eigenvalue weighted by Crippen LogP contribution is 2.29. The van der Waals surface area contributed by atoms with E-state index in [1.165, 1.54) is 0 Å². The summed E-state index contributed by atoms with van der Waals surface area (Å²) in [7, 11) is 0. The molecule has 0 aliphatic carbocycles. The molecule has 0 heterocycles. The van der Waals surface area contributed by atoms with E-state index in [9.17, 15) is 5.11 Å². The molecule has 2 aromatic carbocycles. The number of aryl methyl sites for hydroxylation is 2. The van der Waals surface area contributed by atoms with Crippen LogP contribution in [0.2, 0.25) is 5.02 Å². The SMILES string of the molecule is Cc1ccc(C)c(C(O)c2cc(Cl)cc(Br)c2)c1. The summed E-state index contributed by atoms with van der Waals surface area (Å²) in [5, 5.41) is 11.1. The summed E-state index contributed by atoms with van der Waals surface area (Å²) < 4.78 is 0.870. The molecule has 0 aromatic heterocycles. The summed E-state index contributed by atoms with van der Waals surface area (Å²) in [5.74, 6) is 0. The Morgan fingerprint density at radius 3 is 2.50 bits per heavy atom. The summed E-state index contributed by atoms with van der Waals surface area (Å²) in [5.41, 5.74) is 3.92. The molecule has 3 heteroatoms. The van der Waals surface area contributed by atoms with Crippen molar-refractivity contribution in [3.63, 3.8) is 0 Å². The lowest BCUT2D eigenvalue weighted by Gasteiger charge is -2.15. The third-order valence-electron chi connectivity index (χ3n) is 2.93. The second kappa shape index (κ2) is 5.43. The fourth-order valence-electron chi connectivity index (χ4n) is 1.97. The van der Waals surface area contributed by atoms with Crippen LogP contribution in [0.4, 0.5) is 0 Å². The molecule has 0 spiro atoms. The van der Waals surface area contributed by atoms with E-state index in [4.69, 9.17) is 11.6 Å². The smallest absolute Gasteiger partial charge is 0.104 e. The molecular formula is C15H14BrClO. The van der Waals surface area contributed by atoms with Crippen LogP contribution in [-0.4, -0.2) is 5.11 Å². The predicted octanol–water partition coefficient (Wildman–Crippen LogP) is 4.80. The standard InChI is InChI=1S/C15H14BrClO/c1-9-3-4-10(2)14(5-9)15(18)11-6-12(16)8-13(17)7-11/h3-8,15,18H,1-2H3. The van der Waals surface area contributed by atoms with Crippen LogP contribution in [0.15, 0.2) is 40.9 Å². The van der Waals surface area contributed by atoms with E-state index in [-0.39, 0.29) is 0 Å². The van der Waals surface area contributed by atoms with Crippen molar-refractivity contribution in [1.82, 2.24) is 0 Å². The molecule has 1 atom stereocenters. The van der Waals surface area contributed by atoms with E-state index in [2.05, 4.69) is 15.9 Å². The van der Waals surface area contributed by atoms with Crippen molar-refractivity contribution in [2.75, 3.05) is 0 Å². The second-order valence-electron chi connectivity index (χ2n) is 4.47. The summed E-state index contributed by atoms with van der Waals surface area (Å²) in [6.07, 6.45) is -0.653. The minimum absolute atomic E-state index is 0.615. The molecule has 1 unspecified atom stereocenters. The minimum Gasteiger partial charge on any atom is -0.384 e. The monoisotopic (exact) mass is 324 g/mol. The molecule has 0 bridgehead atoms. The van der Waals surface area contributed by atoms with Gasteiger partial charge in [-0.2, -0.15) is 0 Å². The van der Waals surface area contributed by atoms with Crippen molar-refractivity contribution in [2.24, 2.45) is 0 Å². The van der Waals surface area contributed by atoms with Crippen LogP contribution in [0.3, 0.4) is 0 Å². The Labute approximate surface area is 121 Å². The van der Waals surface area contributed by atoms with E-state index >= 15 is 0 Å². The first-order valence-corrected chi connectivity index (χ1v) is 6.85. The topological polar surface area (TPSA) is 20.2 Å². The molecule has 18 heavy (non-hydrogen) atoms. The van der Waals surface area contributed by atoms with Gasteiger partial charge < -0.3 is 5.11 Å². The van der Waals surface area contributed by atoms with Gasteiger partial charge in [0.05, 0.1) is 0 Å². The van der Waals surface area contributed by atoms with Crippen molar-refractivity contribution >= 4 is 27.5 Å². The van der Waals surface area contributed by atoms with Crippen molar-refractivity contribution in [2.45, 2.75) is 20.0 Å². The maximum atomic E-state index is 10.5. The van der Waals surface area contributed by atoms with Gasteiger partial charge in [-0.25, -0.2) is 0 Å². The highest BCUT2D eigenvalue weighted by molar-refractivity contribution is 9.10. The molecule has 0 fully saturated rings. The van der Waals surface area contributed by atoms with Crippen LogP contribution in [0, 0.1) is 13.8 Å². The third kappa shape index (κ3) is 2.94. The van der Waals surface area contributed by atoms with Gasteiger partial charge in [-0.05, 0) is 48.7 Å². The lowest BCUT2D eigenvalue weighted by Crippen LogP contribution is -2.02. The Morgan fingerprint density at radius 1 is 1.11 bits per heavy atom. The largest absolute Gasteiger partial charge is 0.384 e. The van der Waals surface area contributed by atoms with Crippen LogP contribution < -0.4 is 0 Å². The second-order valence-corrected chi connectivity index (χ2v) is 5.82. The Morgan fingerprint density at radius 2 is 1.83 bits per heavy atom. The van der Waals surface area contributed by atoms with Crippen molar-refractivity contribution in [3.8, 4) is 0 Å². The fraction of sp³-hybridized carbons (Fsp3) is 0.200. The maximum absolute atomic E-state index is 10.5. The first-order chi connectivity index (χ1) is 8.47. The van der Waals surface area contributed by atoms with Gasteiger partial charge in [0.1, 0.15) is 6.10 Å². The summed E-state index contributed by atoms with van der Waals surface area (Å²) in [6.45, 7) is 4.02. The number of hydrogen-bond donors (Lipinski definition) is 1. The molecule has 0 radical (unpaired) electrons. The maximum Gasteiger partial charge on any atom is 0.104 e. The summed E-state index contributed by atoms with van der Waals surface area (Å²) in [6, 6.07) is 11.6. The quantitative estimate of drug-likeness (QED) is 0.841.